The SMILES string of the molecule is COC(=O)c1ccc(C(=O)OC)c(NC(=O)c2cccc(S(=O)(=O)N3CCCCC3)c2)c1. The van der Waals surface area contributed by atoms with Gasteiger partial charge in [-0.2, -0.15) is 4.31 Å². The number of hydrogen-bond donors (Lipinski definition) is 1. The van der Waals surface area contributed by atoms with Crippen LogP contribution in [-0.2, 0) is 19.5 Å². The topological polar surface area (TPSA) is 119 Å². The number of methoxy groups -OCH3 is 2. The fourth-order valence-electron chi connectivity index (χ4n) is 3.43. The van der Waals surface area contributed by atoms with Crippen molar-refractivity contribution in [2.45, 2.75) is 24.2 Å². The highest BCUT2D eigenvalue weighted by molar-refractivity contribution is 7.89. The first-order valence-corrected chi connectivity index (χ1v) is 11.4. The molecule has 0 atom stereocenters. The summed E-state index contributed by atoms with van der Waals surface area (Å²) in [6, 6.07) is 9.69. The Labute approximate surface area is 186 Å². The molecule has 10 heteroatoms. The first-order valence-electron chi connectivity index (χ1n) is 10.00. The van der Waals surface area contributed by atoms with Crippen LogP contribution in [-0.4, -0.2) is 57.9 Å². The predicted octanol–water partition coefficient (Wildman–Crippen LogP) is 2.69. The van der Waals surface area contributed by atoms with Gasteiger partial charge in [0.1, 0.15) is 0 Å². The second kappa shape index (κ2) is 9.92. The average molecular weight is 461 g/mol. The molecule has 0 saturated carbocycles. The molecule has 0 spiro atoms. The summed E-state index contributed by atoms with van der Waals surface area (Å²) in [6.07, 6.45) is 2.58. The molecule has 1 heterocycles. The Bertz CT molecular complexity index is 1140. The number of benzene rings is 2. The number of amides is 1. The third-order valence-electron chi connectivity index (χ3n) is 5.14. The van der Waals surface area contributed by atoms with E-state index in [1.807, 2.05) is 0 Å². The number of carbonyl (C=O) groups is 3. The van der Waals surface area contributed by atoms with E-state index in [-0.39, 0.29) is 27.3 Å². The van der Waals surface area contributed by atoms with E-state index in [4.69, 9.17) is 4.74 Å². The number of esters is 2. The molecule has 3 rings (SSSR count). The highest BCUT2D eigenvalue weighted by atomic mass is 32.2. The summed E-state index contributed by atoms with van der Waals surface area (Å²) in [7, 11) is -1.32. The van der Waals surface area contributed by atoms with Gasteiger partial charge in [0.2, 0.25) is 10.0 Å². The third-order valence-corrected chi connectivity index (χ3v) is 7.04. The summed E-state index contributed by atoms with van der Waals surface area (Å²) in [6.45, 7) is 0.892. The highest BCUT2D eigenvalue weighted by Gasteiger charge is 2.27. The van der Waals surface area contributed by atoms with Crippen LogP contribution in [0, 0.1) is 0 Å². The molecule has 2 aromatic rings. The molecule has 0 bridgehead atoms. The van der Waals surface area contributed by atoms with Crippen molar-refractivity contribution in [2.75, 3.05) is 32.6 Å². The van der Waals surface area contributed by atoms with Gasteiger partial charge in [-0.05, 0) is 49.2 Å². The molecule has 1 fully saturated rings. The Balaban J connectivity index is 1.91. The molecule has 1 aliphatic rings. The van der Waals surface area contributed by atoms with Gasteiger partial charge < -0.3 is 14.8 Å². The zero-order valence-corrected chi connectivity index (χ0v) is 18.6. The molecular formula is C22H24N2O7S. The van der Waals surface area contributed by atoms with Gasteiger partial charge in [-0.3, -0.25) is 4.79 Å². The molecular weight excluding hydrogens is 436 g/mol. The van der Waals surface area contributed by atoms with Gasteiger partial charge in [-0.25, -0.2) is 18.0 Å². The lowest BCUT2D eigenvalue weighted by atomic mass is 10.1. The monoisotopic (exact) mass is 460 g/mol. The Morgan fingerprint density at radius 3 is 2.22 bits per heavy atom. The molecule has 1 amide bonds. The minimum absolute atomic E-state index is 0.0172. The van der Waals surface area contributed by atoms with Crippen molar-refractivity contribution in [3.8, 4) is 0 Å². The van der Waals surface area contributed by atoms with Crippen LogP contribution in [0.2, 0.25) is 0 Å². The van der Waals surface area contributed by atoms with E-state index in [0.29, 0.717) is 13.1 Å². The minimum Gasteiger partial charge on any atom is -0.465 e. The molecule has 1 aliphatic heterocycles. The molecule has 32 heavy (non-hydrogen) atoms. The maximum Gasteiger partial charge on any atom is 0.339 e. The van der Waals surface area contributed by atoms with Gasteiger partial charge in [0, 0.05) is 18.7 Å². The third kappa shape index (κ3) is 4.97. The van der Waals surface area contributed by atoms with E-state index in [9.17, 15) is 22.8 Å². The average Bonchev–Trinajstić information content (AvgIpc) is 2.83. The highest BCUT2D eigenvalue weighted by Crippen LogP contribution is 2.23. The number of sulfonamides is 1. The molecule has 0 radical (unpaired) electrons. The summed E-state index contributed by atoms with van der Waals surface area (Å²) in [5, 5.41) is 2.56. The van der Waals surface area contributed by atoms with Crippen molar-refractivity contribution in [3.05, 3.63) is 59.2 Å². The number of rotatable bonds is 6. The summed E-state index contributed by atoms with van der Waals surface area (Å²) in [5.41, 5.74) is 0.277. The van der Waals surface area contributed by atoms with E-state index < -0.39 is 27.9 Å². The second-order valence-corrected chi connectivity index (χ2v) is 9.13. The summed E-state index contributed by atoms with van der Waals surface area (Å²) in [5.74, 6) is -2.00. The maximum absolute atomic E-state index is 12.9. The standard InChI is InChI=1S/C22H24N2O7S/c1-30-21(26)16-9-10-18(22(27)31-2)19(14-16)23-20(25)15-7-6-8-17(13-15)32(28,29)24-11-4-3-5-12-24/h6-10,13-14H,3-5,11-12H2,1-2H3,(H,23,25). The molecule has 0 unspecified atom stereocenters. The predicted molar refractivity (Wildman–Crippen MR) is 116 cm³/mol. The van der Waals surface area contributed by atoms with Gasteiger partial charge in [-0.15, -0.1) is 0 Å². The quantitative estimate of drug-likeness (QED) is 0.658. The largest absolute Gasteiger partial charge is 0.465 e. The minimum atomic E-state index is -3.72. The molecule has 2 aromatic carbocycles. The fourth-order valence-corrected chi connectivity index (χ4v) is 4.99. The number of piperidine rings is 1. The van der Waals surface area contributed by atoms with Gasteiger partial charge in [0.25, 0.3) is 5.91 Å². The fraction of sp³-hybridized carbons (Fsp3) is 0.318. The summed E-state index contributed by atoms with van der Waals surface area (Å²) in [4.78, 5) is 36.9. The van der Waals surface area contributed by atoms with Gasteiger partial charge >= 0.3 is 11.9 Å². The Morgan fingerprint density at radius 2 is 1.56 bits per heavy atom. The molecule has 1 N–H and O–H groups in total. The Hall–Kier alpha value is -3.24. The summed E-state index contributed by atoms with van der Waals surface area (Å²) < 4.78 is 36.7. The van der Waals surface area contributed by atoms with Crippen LogP contribution in [0.3, 0.4) is 0 Å². The summed E-state index contributed by atoms with van der Waals surface area (Å²) >= 11 is 0. The first kappa shape index (κ1) is 23.4. The van der Waals surface area contributed by atoms with Crippen LogP contribution < -0.4 is 5.32 Å². The van der Waals surface area contributed by atoms with E-state index in [1.165, 1.54) is 61.0 Å². The molecule has 0 aliphatic carbocycles. The number of nitrogens with zero attached hydrogens (tertiary/aromatic N) is 1. The number of carbonyl (C=O) groups excluding carboxylic acids is 3. The van der Waals surface area contributed by atoms with E-state index >= 15 is 0 Å². The van der Waals surface area contributed by atoms with Crippen LogP contribution in [0.25, 0.3) is 0 Å². The van der Waals surface area contributed by atoms with Crippen LogP contribution in [0.1, 0.15) is 50.3 Å². The van der Waals surface area contributed by atoms with Crippen molar-refractivity contribution in [3.63, 3.8) is 0 Å². The number of nitrogens with one attached hydrogen (secondary N) is 1. The number of ether oxygens (including phenoxy) is 2. The van der Waals surface area contributed by atoms with Crippen molar-refractivity contribution in [1.82, 2.24) is 4.31 Å². The van der Waals surface area contributed by atoms with E-state index in [1.54, 1.807) is 0 Å². The zero-order valence-electron chi connectivity index (χ0n) is 17.8. The number of anilines is 1. The lowest BCUT2D eigenvalue weighted by molar-refractivity contribution is 0.0587. The normalized spacial score (nSPS) is 14.4. The zero-order chi connectivity index (χ0) is 23.3. The molecule has 170 valence electrons. The van der Waals surface area contributed by atoms with Crippen LogP contribution in [0.5, 0.6) is 0 Å². The lowest BCUT2D eigenvalue weighted by Crippen LogP contribution is -2.35. The molecule has 9 nitrogen and oxygen atoms in total. The smallest absolute Gasteiger partial charge is 0.339 e. The number of hydrogen-bond acceptors (Lipinski definition) is 7. The Kier molecular flexibility index (Phi) is 7.26. The Morgan fingerprint density at radius 1 is 0.875 bits per heavy atom. The second-order valence-electron chi connectivity index (χ2n) is 7.19. The van der Waals surface area contributed by atoms with Gasteiger partial charge in [0.15, 0.2) is 0 Å². The maximum atomic E-state index is 12.9. The van der Waals surface area contributed by atoms with Crippen molar-refractivity contribution < 1.29 is 32.3 Å². The van der Waals surface area contributed by atoms with Crippen molar-refractivity contribution in [1.29, 1.82) is 0 Å². The van der Waals surface area contributed by atoms with E-state index in [0.717, 1.165) is 19.3 Å². The van der Waals surface area contributed by atoms with Crippen LogP contribution in [0.15, 0.2) is 47.4 Å². The molecule has 0 aromatic heterocycles. The first-order chi connectivity index (χ1) is 15.3. The van der Waals surface area contributed by atoms with E-state index in [2.05, 4.69) is 10.1 Å². The van der Waals surface area contributed by atoms with Crippen molar-refractivity contribution >= 4 is 33.6 Å². The van der Waals surface area contributed by atoms with Crippen LogP contribution in [0.4, 0.5) is 5.69 Å². The molecule has 1 saturated heterocycles. The van der Waals surface area contributed by atoms with Crippen LogP contribution >= 0.6 is 0 Å². The van der Waals surface area contributed by atoms with Crippen molar-refractivity contribution in [2.24, 2.45) is 0 Å². The van der Waals surface area contributed by atoms with Gasteiger partial charge in [-0.1, -0.05) is 12.5 Å². The van der Waals surface area contributed by atoms with Gasteiger partial charge in [0.05, 0.1) is 35.9 Å². The lowest BCUT2D eigenvalue weighted by Gasteiger charge is -2.26.